The van der Waals surface area contributed by atoms with Crippen molar-refractivity contribution in [3.63, 3.8) is 0 Å². The van der Waals surface area contributed by atoms with Crippen LogP contribution in [-0.4, -0.2) is 30.7 Å². The molecule has 0 radical (unpaired) electrons. The second-order valence-corrected chi connectivity index (χ2v) is 6.60. The maximum absolute atomic E-state index is 10.8. The number of aliphatic hydroxyl groups excluding tert-OH is 1. The molecule has 1 aromatic carbocycles. The molecule has 138 valence electrons. The normalized spacial score (nSPS) is 15.2. The summed E-state index contributed by atoms with van der Waals surface area (Å²) in [6.07, 6.45) is 8.86. The van der Waals surface area contributed by atoms with E-state index < -0.39 is 11.9 Å². The van der Waals surface area contributed by atoms with Crippen molar-refractivity contribution in [3.05, 3.63) is 35.9 Å². The Morgan fingerprint density at radius 2 is 1.62 bits per heavy atom. The molecule has 0 bridgehead atoms. The highest BCUT2D eigenvalue weighted by Gasteiger charge is 2.39. The van der Waals surface area contributed by atoms with E-state index in [1.165, 1.54) is 25.7 Å². The summed E-state index contributed by atoms with van der Waals surface area (Å²) in [4.78, 5) is 0. The van der Waals surface area contributed by atoms with Crippen molar-refractivity contribution in [1.82, 2.24) is 0 Å². The quantitative estimate of drug-likeness (QED) is 0.379. The molecule has 0 spiro atoms. The summed E-state index contributed by atoms with van der Waals surface area (Å²) in [5.74, 6) is -0.944. The third-order valence-corrected chi connectivity index (χ3v) is 4.53. The Hall–Kier alpha value is -0.900. The van der Waals surface area contributed by atoms with Crippen LogP contribution < -0.4 is 0 Å². The molecule has 2 unspecified atom stereocenters. The van der Waals surface area contributed by atoms with Gasteiger partial charge < -0.3 is 14.6 Å². The van der Waals surface area contributed by atoms with Gasteiger partial charge in [0.1, 0.15) is 6.10 Å². The molecular weight excluding hydrogens is 300 g/mol. The van der Waals surface area contributed by atoms with Crippen LogP contribution in [0.2, 0.25) is 0 Å². The van der Waals surface area contributed by atoms with Gasteiger partial charge in [0.2, 0.25) is 0 Å². The van der Waals surface area contributed by atoms with E-state index in [9.17, 15) is 5.11 Å². The number of unbranched alkanes of at least 4 members (excludes halogenated alkanes) is 5. The molecule has 1 rings (SSSR count). The predicted octanol–water partition coefficient (Wildman–Crippen LogP) is 5.11. The van der Waals surface area contributed by atoms with E-state index in [1.54, 1.807) is 7.11 Å². The molecule has 0 heterocycles. The smallest absolute Gasteiger partial charge is 0.198 e. The van der Waals surface area contributed by atoms with Gasteiger partial charge in [-0.1, -0.05) is 82.7 Å². The standard InChI is InChI=1S/C21H36O3/c1-4-6-7-8-9-13-16-20(22)21(23-3,24-17-5-2)18-19-14-11-10-12-15-19/h10-12,14-15,20,22H,4-9,13,16-18H2,1-3H3. The highest BCUT2D eigenvalue weighted by Crippen LogP contribution is 2.27. The van der Waals surface area contributed by atoms with Crippen molar-refractivity contribution in [2.45, 2.75) is 83.5 Å². The third kappa shape index (κ3) is 7.33. The highest BCUT2D eigenvalue weighted by molar-refractivity contribution is 5.17. The van der Waals surface area contributed by atoms with Gasteiger partial charge in [0.15, 0.2) is 5.79 Å². The summed E-state index contributed by atoms with van der Waals surface area (Å²) in [5, 5.41) is 10.8. The third-order valence-electron chi connectivity index (χ3n) is 4.53. The maximum Gasteiger partial charge on any atom is 0.198 e. The van der Waals surface area contributed by atoms with Crippen LogP contribution in [0, 0.1) is 0 Å². The lowest BCUT2D eigenvalue weighted by Crippen LogP contribution is -2.49. The number of benzene rings is 1. The molecule has 0 fully saturated rings. The Bertz CT molecular complexity index is 407. The number of ether oxygens (including phenoxy) is 2. The molecule has 0 saturated carbocycles. The van der Waals surface area contributed by atoms with E-state index in [0.29, 0.717) is 13.0 Å². The number of hydrogen-bond acceptors (Lipinski definition) is 3. The van der Waals surface area contributed by atoms with Crippen molar-refractivity contribution < 1.29 is 14.6 Å². The minimum atomic E-state index is -0.944. The van der Waals surface area contributed by atoms with Gasteiger partial charge in [0, 0.05) is 20.1 Å². The van der Waals surface area contributed by atoms with Gasteiger partial charge in [0.05, 0.1) is 0 Å². The zero-order valence-corrected chi connectivity index (χ0v) is 15.8. The summed E-state index contributed by atoms with van der Waals surface area (Å²) in [6.45, 7) is 4.89. The van der Waals surface area contributed by atoms with Crippen molar-refractivity contribution in [2.24, 2.45) is 0 Å². The number of rotatable bonds is 14. The molecule has 0 aliphatic rings. The fraction of sp³-hybridized carbons (Fsp3) is 0.714. The van der Waals surface area contributed by atoms with Crippen LogP contribution in [0.4, 0.5) is 0 Å². The molecule has 3 heteroatoms. The molecule has 0 aliphatic heterocycles. The second-order valence-electron chi connectivity index (χ2n) is 6.60. The fourth-order valence-electron chi connectivity index (χ4n) is 3.03. The molecule has 3 nitrogen and oxygen atoms in total. The Balaban J connectivity index is 2.61. The van der Waals surface area contributed by atoms with Crippen LogP contribution in [0.15, 0.2) is 30.3 Å². The first kappa shape index (κ1) is 21.1. The van der Waals surface area contributed by atoms with E-state index in [1.807, 2.05) is 18.2 Å². The second kappa shape index (κ2) is 12.5. The van der Waals surface area contributed by atoms with Crippen LogP contribution in [-0.2, 0) is 15.9 Å². The van der Waals surface area contributed by atoms with Crippen LogP contribution in [0.25, 0.3) is 0 Å². The van der Waals surface area contributed by atoms with Gasteiger partial charge in [-0.05, 0) is 18.4 Å². The predicted molar refractivity (Wildman–Crippen MR) is 100 cm³/mol. The van der Waals surface area contributed by atoms with E-state index >= 15 is 0 Å². The van der Waals surface area contributed by atoms with E-state index in [0.717, 1.165) is 31.2 Å². The van der Waals surface area contributed by atoms with Gasteiger partial charge in [-0.2, -0.15) is 0 Å². The first-order valence-electron chi connectivity index (χ1n) is 9.59. The lowest BCUT2D eigenvalue weighted by Gasteiger charge is -2.37. The van der Waals surface area contributed by atoms with E-state index in [4.69, 9.17) is 9.47 Å². The summed E-state index contributed by atoms with van der Waals surface area (Å²) < 4.78 is 11.7. The number of methoxy groups -OCH3 is 1. The molecule has 1 aromatic rings. The van der Waals surface area contributed by atoms with Gasteiger partial charge in [-0.3, -0.25) is 0 Å². The fourth-order valence-corrected chi connectivity index (χ4v) is 3.03. The molecule has 1 N–H and O–H groups in total. The highest BCUT2D eigenvalue weighted by atomic mass is 16.7. The Kier molecular flexibility index (Phi) is 11.0. The molecule has 0 amide bonds. The van der Waals surface area contributed by atoms with Crippen LogP contribution in [0.1, 0.15) is 70.8 Å². The van der Waals surface area contributed by atoms with Crippen molar-refractivity contribution in [1.29, 1.82) is 0 Å². The average molecular weight is 337 g/mol. The lowest BCUT2D eigenvalue weighted by atomic mass is 9.95. The zero-order chi connectivity index (χ0) is 17.7. The average Bonchev–Trinajstić information content (AvgIpc) is 2.62. The number of aliphatic hydroxyl groups is 1. The largest absolute Gasteiger partial charge is 0.387 e. The lowest BCUT2D eigenvalue weighted by molar-refractivity contribution is -0.272. The molecular formula is C21H36O3. The minimum Gasteiger partial charge on any atom is -0.387 e. The summed E-state index contributed by atoms with van der Waals surface area (Å²) in [7, 11) is 1.64. The summed E-state index contributed by atoms with van der Waals surface area (Å²) in [6, 6.07) is 10.1. The van der Waals surface area contributed by atoms with Crippen molar-refractivity contribution >= 4 is 0 Å². The summed E-state index contributed by atoms with van der Waals surface area (Å²) in [5.41, 5.74) is 1.12. The van der Waals surface area contributed by atoms with Crippen molar-refractivity contribution in [3.8, 4) is 0 Å². The van der Waals surface area contributed by atoms with Crippen LogP contribution in [0.3, 0.4) is 0 Å². The maximum atomic E-state index is 10.8. The molecule has 2 atom stereocenters. The van der Waals surface area contributed by atoms with Crippen molar-refractivity contribution in [2.75, 3.05) is 13.7 Å². The zero-order valence-electron chi connectivity index (χ0n) is 15.8. The monoisotopic (exact) mass is 336 g/mol. The summed E-state index contributed by atoms with van der Waals surface area (Å²) >= 11 is 0. The Morgan fingerprint density at radius 1 is 0.958 bits per heavy atom. The van der Waals surface area contributed by atoms with Gasteiger partial charge in [-0.15, -0.1) is 0 Å². The first-order chi connectivity index (χ1) is 11.7. The van der Waals surface area contributed by atoms with Crippen LogP contribution in [0.5, 0.6) is 0 Å². The van der Waals surface area contributed by atoms with Gasteiger partial charge in [-0.25, -0.2) is 0 Å². The molecule has 24 heavy (non-hydrogen) atoms. The van der Waals surface area contributed by atoms with E-state index in [-0.39, 0.29) is 0 Å². The molecule has 0 aromatic heterocycles. The van der Waals surface area contributed by atoms with Gasteiger partial charge >= 0.3 is 0 Å². The molecule has 0 aliphatic carbocycles. The number of hydrogen-bond donors (Lipinski definition) is 1. The molecule has 0 saturated heterocycles. The van der Waals surface area contributed by atoms with E-state index in [2.05, 4.69) is 26.0 Å². The minimum absolute atomic E-state index is 0.571. The van der Waals surface area contributed by atoms with Gasteiger partial charge in [0.25, 0.3) is 0 Å². The Morgan fingerprint density at radius 3 is 2.25 bits per heavy atom. The topological polar surface area (TPSA) is 38.7 Å². The first-order valence-corrected chi connectivity index (χ1v) is 9.59. The van der Waals surface area contributed by atoms with Crippen LogP contribution >= 0.6 is 0 Å². The SMILES string of the molecule is CCCCCCCCC(O)C(Cc1ccccc1)(OC)OCCC. The Labute approximate surface area is 148 Å².